The Morgan fingerprint density at radius 1 is 1.21 bits per heavy atom. The zero-order valence-corrected chi connectivity index (χ0v) is 14.5. The fourth-order valence-electron chi connectivity index (χ4n) is 2.50. The molecule has 0 amide bonds. The fraction of sp³-hybridized carbons (Fsp3) is 0.235. The molecule has 0 aliphatic rings. The molecule has 0 aliphatic carbocycles. The molecule has 3 rings (SSSR count). The molecule has 0 saturated heterocycles. The molecular formula is C17H19N3O3S. The maximum atomic E-state index is 11.9. The van der Waals surface area contributed by atoms with Gasteiger partial charge in [0.1, 0.15) is 11.5 Å². The van der Waals surface area contributed by atoms with Gasteiger partial charge in [0.25, 0.3) is 0 Å². The van der Waals surface area contributed by atoms with E-state index in [1.165, 1.54) is 6.26 Å². The van der Waals surface area contributed by atoms with Crippen LogP contribution in [-0.2, 0) is 9.84 Å². The Kier molecular flexibility index (Phi) is 4.19. The summed E-state index contributed by atoms with van der Waals surface area (Å²) in [6.45, 7) is 3.89. The monoisotopic (exact) mass is 345 g/mol. The number of aromatic nitrogens is 2. The van der Waals surface area contributed by atoms with E-state index in [0.717, 1.165) is 17.2 Å². The van der Waals surface area contributed by atoms with Crippen LogP contribution in [0.4, 0.5) is 5.69 Å². The second-order valence-electron chi connectivity index (χ2n) is 5.73. The zero-order valence-electron chi connectivity index (χ0n) is 13.7. The highest BCUT2D eigenvalue weighted by atomic mass is 32.2. The van der Waals surface area contributed by atoms with Crippen molar-refractivity contribution < 1.29 is 12.8 Å². The largest absolute Gasteiger partial charge is 0.464 e. The van der Waals surface area contributed by atoms with Crippen LogP contribution in [0.1, 0.15) is 24.5 Å². The van der Waals surface area contributed by atoms with Gasteiger partial charge in [0, 0.05) is 6.26 Å². The maximum absolute atomic E-state index is 11.9. The van der Waals surface area contributed by atoms with Gasteiger partial charge < -0.3 is 9.73 Å². The SMILES string of the molecule is Cc1ccc([C@H](C)Nc2cnn(-c3ccccc3S(C)(=O)=O)c2)o1. The minimum atomic E-state index is -3.33. The third-order valence-electron chi connectivity index (χ3n) is 3.67. The van der Waals surface area contributed by atoms with Gasteiger partial charge in [0.2, 0.25) is 0 Å². The van der Waals surface area contributed by atoms with Gasteiger partial charge in [-0.3, -0.25) is 0 Å². The number of aryl methyl sites for hydroxylation is 1. The average Bonchev–Trinajstić information content (AvgIpc) is 3.15. The molecule has 0 spiro atoms. The van der Waals surface area contributed by atoms with Crippen molar-refractivity contribution in [1.29, 1.82) is 0 Å². The molecule has 24 heavy (non-hydrogen) atoms. The highest BCUT2D eigenvalue weighted by Crippen LogP contribution is 2.23. The quantitative estimate of drug-likeness (QED) is 0.767. The number of anilines is 1. The molecule has 0 fully saturated rings. The first kappa shape index (κ1) is 16.3. The summed E-state index contributed by atoms with van der Waals surface area (Å²) < 4.78 is 31.0. The number of para-hydroxylation sites is 1. The van der Waals surface area contributed by atoms with E-state index in [9.17, 15) is 8.42 Å². The van der Waals surface area contributed by atoms with Crippen LogP contribution in [0.25, 0.3) is 5.69 Å². The van der Waals surface area contributed by atoms with Crippen molar-refractivity contribution >= 4 is 15.5 Å². The molecule has 2 aromatic heterocycles. The van der Waals surface area contributed by atoms with E-state index in [-0.39, 0.29) is 10.9 Å². The number of nitrogens with zero attached hydrogens (tertiary/aromatic N) is 2. The highest BCUT2D eigenvalue weighted by molar-refractivity contribution is 7.90. The van der Waals surface area contributed by atoms with E-state index in [1.807, 2.05) is 26.0 Å². The first-order valence-corrected chi connectivity index (χ1v) is 9.41. The fourth-order valence-corrected chi connectivity index (χ4v) is 3.36. The van der Waals surface area contributed by atoms with Crippen molar-refractivity contribution in [3.63, 3.8) is 0 Å². The molecule has 0 aliphatic heterocycles. The van der Waals surface area contributed by atoms with Crippen LogP contribution in [0, 0.1) is 6.92 Å². The van der Waals surface area contributed by atoms with E-state index in [1.54, 1.807) is 41.3 Å². The van der Waals surface area contributed by atoms with Crippen molar-refractivity contribution in [3.8, 4) is 5.69 Å². The van der Waals surface area contributed by atoms with E-state index in [2.05, 4.69) is 10.4 Å². The topological polar surface area (TPSA) is 77.1 Å². The lowest BCUT2D eigenvalue weighted by molar-refractivity contribution is 0.467. The number of rotatable bonds is 5. The van der Waals surface area contributed by atoms with Crippen LogP contribution in [-0.4, -0.2) is 24.5 Å². The van der Waals surface area contributed by atoms with Crippen molar-refractivity contribution in [2.75, 3.05) is 11.6 Å². The summed E-state index contributed by atoms with van der Waals surface area (Å²) in [6, 6.07) is 10.6. The smallest absolute Gasteiger partial charge is 0.177 e. The lowest BCUT2D eigenvalue weighted by Crippen LogP contribution is -2.06. The molecule has 7 heteroatoms. The third-order valence-corrected chi connectivity index (χ3v) is 4.81. The number of hydrogen-bond acceptors (Lipinski definition) is 5. The standard InChI is InChI=1S/C17H19N3O3S/c1-12-8-9-16(23-12)13(2)19-14-10-18-20(11-14)15-6-4-5-7-17(15)24(3,21)22/h4-11,13,19H,1-3H3/t13-/m0/s1. The minimum Gasteiger partial charge on any atom is -0.464 e. The lowest BCUT2D eigenvalue weighted by atomic mass is 10.2. The number of benzene rings is 1. The van der Waals surface area contributed by atoms with E-state index in [0.29, 0.717) is 5.69 Å². The molecule has 1 atom stereocenters. The molecule has 6 nitrogen and oxygen atoms in total. The second-order valence-corrected chi connectivity index (χ2v) is 7.71. The summed E-state index contributed by atoms with van der Waals surface area (Å²) in [5.74, 6) is 1.69. The summed E-state index contributed by atoms with van der Waals surface area (Å²) in [4.78, 5) is 0.245. The van der Waals surface area contributed by atoms with Crippen molar-refractivity contribution in [1.82, 2.24) is 9.78 Å². The van der Waals surface area contributed by atoms with Crippen LogP contribution in [0.15, 0.2) is 58.1 Å². The Morgan fingerprint density at radius 3 is 2.62 bits per heavy atom. The zero-order chi connectivity index (χ0) is 17.3. The van der Waals surface area contributed by atoms with Gasteiger partial charge in [-0.1, -0.05) is 12.1 Å². The lowest BCUT2D eigenvalue weighted by Gasteiger charge is -2.11. The van der Waals surface area contributed by atoms with Gasteiger partial charge in [-0.05, 0) is 38.1 Å². The van der Waals surface area contributed by atoms with E-state index in [4.69, 9.17) is 4.42 Å². The number of hydrogen-bond donors (Lipinski definition) is 1. The van der Waals surface area contributed by atoms with Gasteiger partial charge in [0.15, 0.2) is 9.84 Å². The van der Waals surface area contributed by atoms with Crippen molar-refractivity contribution in [3.05, 3.63) is 60.3 Å². The normalized spacial score (nSPS) is 13.0. The highest BCUT2D eigenvalue weighted by Gasteiger charge is 2.16. The molecule has 1 aromatic carbocycles. The van der Waals surface area contributed by atoms with Gasteiger partial charge in [0.05, 0.1) is 34.7 Å². The predicted molar refractivity (Wildman–Crippen MR) is 92.2 cm³/mol. The summed E-state index contributed by atoms with van der Waals surface area (Å²) in [7, 11) is -3.33. The van der Waals surface area contributed by atoms with Crippen LogP contribution >= 0.6 is 0 Å². The molecule has 3 aromatic rings. The summed E-state index contributed by atoms with van der Waals surface area (Å²) >= 11 is 0. The van der Waals surface area contributed by atoms with Crippen LogP contribution < -0.4 is 5.32 Å². The van der Waals surface area contributed by atoms with Crippen LogP contribution in [0.2, 0.25) is 0 Å². The number of nitrogens with one attached hydrogen (secondary N) is 1. The molecule has 126 valence electrons. The number of furan rings is 1. The summed E-state index contributed by atoms with van der Waals surface area (Å²) in [5, 5.41) is 7.56. The van der Waals surface area contributed by atoms with Gasteiger partial charge >= 0.3 is 0 Å². The molecule has 0 unspecified atom stereocenters. The van der Waals surface area contributed by atoms with Crippen LogP contribution in [0.3, 0.4) is 0 Å². The molecule has 0 radical (unpaired) electrons. The van der Waals surface area contributed by atoms with E-state index < -0.39 is 9.84 Å². The first-order chi connectivity index (χ1) is 11.3. The van der Waals surface area contributed by atoms with Crippen LogP contribution in [0.5, 0.6) is 0 Å². The third kappa shape index (κ3) is 3.35. The van der Waals surface area contributed by atoms with Gasteiger partial charge in [-0.2, -0.15) is 5.10 Å². The Labute approximate surface area is 141 Å². The summed E-state index contributed by atoms with van der Waals surface area (Å²) in [6.07, 6.45) is 4.61. The molecule has 0 saturated carbocycles. The molecular weight excluding hydrogens is 326 g/mol. The van der Waals surface area contributed by atoms with Gasteiger partial charge in [-0.25, -0.2) is 13.1 Å². The van der Waals surface area contributed by atoms with Gasteiger partial charge in [-0.15, -0.1) is 0 Å². The predicted octanol–water partition coefficient (Wildman–Crippen LogP) is 3.35. The van der Waals surface area contributed by atoms with Crippen molar-refractivity contribution in [2.45, 2.75) is 24.8 Å². The molecule has 0 bridgehead atoms. The Morgan fingerprint density at radius 2 is 1.96 bits per heavy atom. The number of sulfone groups is 1. The van der Waals surface area contributed by atoms with E-state index >= 15 is 0 Å². The Bertz CT molecular complexity index is 957. The molecule has 1 N–H and O–H groups in total. The Hall–Kier alpha value is -2.54. The second kappa shape index (κ2) is 6.16. The first-order valence-electron chi connectivity index (χ1n) is 7.51. The maximum Gasteiger partial charge on any atom is 0.177 e. The Balaban J connectivity index is 1.87. The minimum absolute atomic E-state index is 0.0264. The molecule has 2 heterocycles. The average molecular weight is 345 g/mol. The van der Waals surface area contributed by atoms with Crippen molar-refractivity contribution in [2.24, 2.45) is 0 Å². The summed E-state index contributed by atoms with van der Waals surface area (Å²) in [5.41, 5.74) is 1.30.